The van der Waals surface area contributed by atoms with E-state index in [2.05, 4.69) is 4.98 Å². The van der Waals surface area contributed by atoms with E-state index in [4.69, 9.17) is 4.74 Å². The fraction of sp³-hybridized carbons (Fsp3) is 0.556. The summed E-state index contributed by atoms with van der Waals surface area (Å²) in [6.07, 6.45) is 0.863. The van der Waals surface area contributed by atoms with Crippen LogP contribution in [0, 0.1) is 6.92 Å². The average Bonchev–Trinajstić information content (AvgIpc) is 2.47. The zero-order chi connectivity index (χ0) is 9.84. The normalized spacial score (nSPS) is 10.1. The first-order valence-corrected chi connectivity index (χ1v) is 5.14. The molecule has 1 rings (SSSR count). The Bertz CT molecular complexity index is 307. The minimum absolute atomic E-state index is 0.310. The molecule has 0 aliphatic carbocycles. The number of aromatic nitrogens is 1. The van der Waals surface area contributed by atoms with Crippen molar-refractivity contribution >= 4 is 17.3 Å². The van der Waals surface area contributed by atoms with E-state index < -0.39 is 0 Å². The van der Waals surface area contributed by atoms with Gasteiger partial charge in [-0.15, -0.1) is 11.3 Å². The Hall–Kier alpha value is -0.900. The number of aryl methyl sites for hydroxylation is 2. The summed E-state index contributed by atoms with van der Waals surface area (Å²) in [4.78, 5) is 16.5. The van der Waals surface area contributed by atoms with Gasteiger partial charge in [0.25, 0.3) is 0 Å². The fourth-order valence-electron chi connectivity index (χ4n) is 1.04. The van der Waals surface area contributed by atoms with E-state index >= 15 is 0 Å². The molecule has 0 saturated heterocycles. The Morgan fingerprint density at radius 2 is 2.23 bits per heavy atom. The first-order valence-electron chi connectivity index (χ1n) is 4.32. The molecular weight excluding hydrogens is 186 g/mol. The van der Waals surface area contributed by atoms with Crippen molar-refractivity contribution in [3.63, 3.8) is 0 Å². The van der Waals surface area contributed by atoms with Crippen LogP contribution < -0.4 is 0 Å². The van der Waals surface area contributed by atoms with Crippen molar-refractivity contribution in [1.29, 1.82) is 0 Å². The van der Waals surface area contributed by atoms with Crippen LogP contribution in [0.15, 0.2) is 0 Å². The first-order chi connectivity index (χ1) is 6.19. The molecule has 0 aliphatic heterocycles. The second-order valence-corrected chi connectivity index (χ2v) is 3.80. The van der Waals surface area contributed by atoms with Gasteiger partial charge in [-0.25, -0.2) is 9.78 Å². The topological polar surface area (TPSA) is 39.2 Å². The smallest absolute Gasteiger partial charge is 0.367 e. The van der Waals surface area contributed by atoms with Crippen LogP contribution in [0.2, 0.25) is 0 Å². The monoisotopic (exact) mass is 199 g/mol. The maximum atomic E-state index is 11.3. The summed E-state index contributed by atoms with van der Waals surface area (Å²) in [6.45, 7) is 6.19. The Morgan fingerprint density at radius 1 is 1.54 bits per heavy atom. The Labute approximate surface area is 81.8 Å². The Balaban J connectivity index is 2.84. The summed E-state index contributed by atoms with van der Waals surface area (Å²) in [5.74, 6) is -0.310. The van der Waals surface area contributed by atoms with Crippen LogP contribution in [-0.4, -0.2) is 17.6 Å². The largest absolute Gasteiger partial charge is 0.461 e. The molecule has 0 fully saturated rings. The number of carbonyl (C=O) groups excluding carboxylic acids is 1. The predicted octanol–water partition coefficient (Wildman–Crippen LogP) is 2.19. The van der Waals surface area contributed by atoms with Crippen molar-refractivity contribution in [2.24, 2.45) is 0 Å². The number of nitrogens with zero attached hydrogens (tertiary/aromatic N) is 1. The highest BCUT2D eigenvalue weighted by molar-refractivity contribution is 7.13. The van der Waals surface area contributed by atoms with E-state index in [0.29, 0.717) is 11.6 Å². The molecule has 0 atom stereocenters. The zero-order valence-electron chi connectivity index (χ0n) is 8.09. The number of ether oxygens (including phenoxy) is 1. The molecule has 3 nitrogen and oxygen atoms in total. The average molecular weight is 199 g/mol. The molecule has 0 aliphatic rings. The van der Waals surface area contributed by atoms with Gasteiger partial charge < -0.3 is 4.74 Å². The van der Waals surface area contributed by atoms with Crippen molar-refractivity contribution in [3.05, 3.63) is 15.6 Å². The van der Waals surface area contributed by atoms with Crippen molar-refractivity contribution in [2.45, 2.75) is 27.2 Å². The van der Waals surface area contributed by atoms with Crippen molar-refractivity contribution in [1.82, 2.24) is 4.98 Å². The zero-order valence-corrected chi connectivity index (χ0v) is 8.90. The summed E-state index contributed by atoms with van der Waals surface area (Å²) in [7, 11) is 0. The minimum Gasteiger partial charge on any atom is -0.461 e. The third-order valence-electron chi connectivity index (χ3n) is 1.68. The fourth-order valence-corrected chi connectivity index (χ4v) is 1.93. The van der Waals surface area contributed by atoms with E-state index in [9.17, 15) is 4.79 Å². The van der Waals surface area contributed by atoms with Crippen LogP contribution in [-0.2, 0) is 11.2 Å². The molecule has 0 unspecified atom stereocenters. The van der Waals surface area contributed by atoms with E-state index in [-0.39, 0.29) is 5.97 Å². The molecule has 0 amide bonds. The quantitative estimate of drug-likeness (QED) is 0.700. The molecule has 0 saturated carbocycles. The number of hydrogen-bond acceptors (Lipinski definition) is 4. The van der Waals surface area contributed by atoms with Gasteiger partial charge in [0.1, 0.15) is 0 Å². The van der Waals surface area contributed by atoms with E-state index in [1.54, 1.807) is 6.92 Å². The summed E-state index contributed by atoms with van der Waals surface area (Å²) in [5.41, 5.74) is 0.994. The summed E-state index contributed by atoms with van der Waals surface area (Å²) in [6, 6.07) is 0. The number of esters is 1. The van der Waals surface area contributed by atoms with Crippen LogP contribution in [0.1, 0.15) is 34.2 Å². The highest BCUT2D eigenvalue weighted by atomic mass is 32.1. The van der Waals surface area contributed by atoms with Crippen LogP contribution in [0.5, 0.6) is 0 Å². The van der Waals surface area contributed by atoms with Crippen molar-refractivity contribution in [2.75, 3.05) is 6.61 Å². The lowest BCUT2D eigenvalue weighted by Gasteiger charge is -1.95. The SMILES string of the molecule is CCOC(=O)c1nc(CC)c(C)s1. The number of thiazole rings is 1. The molecule has 0 spiro atoms. The van der Waals surface area contributed by atoms with E-state index in [0.717, 1.165) is 17.0 Å². The molecule has 1 heterocycles. The summed E-state index contributed by atoms with van der Waals surface area (Å²) < 4.78 is 4.85. The van der Waals surface area contributed by atoms with Gasteiger partial charge in [0.05, 0.1) is 12.3 Å². The van der Waals surface area contributed by atoms with Gasteiger partial charge in [-0.05, 0) is 20.3 Å². The van der Waals surface area contributed by atoms with Crippen LogP contribution in [0.25, 0.3) is 0 Å². The number of carbonyl (C=O) groups is 1. The first kappa shape index (κ1) is 10.2. The molecule has 4 heteroatoms. The maximum Gasteiger partial charge on any atom is 0.367 e. The lowest BCUT2D eigenvalue weighted by Crippen LogP contribution is -2.03. The Kier molecular flexibility index (Phi) is 3.42. The molecule has 0 N–H and O–H groups in total. The standard InChI is InChI=1S/C9H13NO2S/c1-4-7-6(3)13-8(10-7)9(11)12-5-2/h4-5H2,1-3H3. The number of rotatable bonds is 3. The number of hydrogen-bond donors (Lipinski definition) is 0. The molecule has 1 aromatic rings. The van der Waals surface area contributed by atoms with Crippen LogP contribution in [0.3, 0.4) is 0 Å². The lowest BCUT2D eigenvalue weighted by atomic mass is 10.3. The molecule has 1 aromatic heterocycles. The minimum atomic E-state index is -0.310. The third-order valence-corrected chi connectivity index (χ3v) is 2.67. The van der Waals surface area contributed by atoms with Gasteiger partial charge in [-0.1, -0.05) is 6.92 Å². The maximum absolute atomic E-state index is 11.3. The second-order valence-electron chi connectivity index (χ2n) is 2.60. The molecule has 0 bridgehead atoms. The predicted molar refractivity (Wildman–Crippen MR) is 52.2 cm³/mol. The van der Waals surface area contributed by atoms with Gasteiger partial charge >= 0.3 is 5.97 Å². The second kappa shape index (κ2) is 4.37. The Morgan fingerprint density at radius 3 is 2.69 bits per heavy atom. The van der Waals surface area contributed by atoms with Gasteiger partial charge in [0, 0.05) is 4.88 Å². The molecule has 0 aromatic carbocycles. The molecular formula is C9H13NO2S. The highest BCUT2D eigenvalue weighted by Gasteiger charge is 2.13. The van der Waals surface area contributed by atoms with Crippen LogP contribution >= 0.6 is 11.3 Å². The van der Waals surface area contributed by atoms with Gasteiger partial charge in [0.15, 0.2) is 0 Å². The third kappa shape index (κ3) is 2.28. The van der Waals surface area contributed by atoms with Crippen molar-refractivity contribution in [3.8, 4) is 0 Å². The van der Waals surface area contributed by atoms with Gasteiger partial charge in [-0.2, -0.15) is 0 Å². The lowest BCUT2D eigenvalue weighted by molar-refractivity contribution is 0.0525. The van der Waals surface area contributed by atoms with E-state index in [1.807, 2.05) is 13.8 Å². The van der Waals surface area contributed by atoms with Gasteiger partial charge in [-0.3, -0.25) is 0 Å². The van der Waals surface area contributed by atoms with Gasteiger partial charge in [0.2, 0.25) is 5.01 Å². The van der Waals surface area contributed by atoms with Crippen LogP contribution in [0.4, 0.5) is 0 Å². The molecule has 0 radical (unpaired) electrons. The van der Waals surface area contributed by atoms with Crippen molar-refractivity contribution < 1.29 is 9.53 Å². The molecule has 72 valence electrons. The molecule has 13 heavy (non-hydrogen) atoms. The highest BCUT2D eigenvalue weighted by Crippen LogP contribution is 2.18. The summed E-state index contributed by atoms with van der Waals surface area (Å²) >= 11 is 1.40. The summed E-state index contributed by atoms with van der Waals surface area (Å²) in [5, 5.41) is 0.469. The van der Waals surface area contributed by atoms with E-state index in [1.165, 1.54) is 11.3 Å².